The quantitative estimate of drug-likeness (QED) is 0.782. The number of hydrogen-bond donors (Lipinski definition) is 1. The summed E-state index contributed by atoms with van der Waals surface area (Å²) < 4.78 is 9.62. The highest BCUT2D eigenvalue weighted by molar-refractivity contribution is 6.10. The van der Waals surface area contributed by atoms with Gasteiger partial charge in [0.15, 0.2) is 0 Å². The molecule has 16 heavy (non-hydrogen) atoms. The van der Waals surface area contributed by atoms with Gasteiger partial charge in [0.2, 0.25) is 5.76 Å². The molecule has 0 saturated carbocycles. The highest BCUT2D eigenvalue weighted by atomic mass is 16.5. The molecule has 82 valence electrons. The van der Waals surface area contributed by atoms with Gasteiger partial charge in [-0.1, -0.05) is 18.2 Å². The number of carbonyl (C=O) groups excluding carboxylic acids is 1. The number of para-hydroxylation sites is 1. The minimum Gasteiger partial charge on any atom is -0.478 e. The van der Waals surface area contributed by atoms with Crippen LogP contribution in [0.25, 0.3) is 11.0 Å². The van der Waals surface area contributed by atoms with Gasteiger partial charge in [-0.2, -0.15) is 0 Å². The van der Waals surface area contributed by atoms with E-state index < -0.39 is 11.9 Å². The second-order valence-corrected chi connectivity index (χ2v) is 3.10. The molecule has 0 atom stereocenters. The number of hydrogen-bond acceptors (Lipinski definition) is 4. The monoisotopic (exact) mass is 220 g/mol. The number of rotatable bonds is 2. The molecule has 2 rings (SSSR count). The van der Waals surface area contributed by atoms with Crippen LogP contribution >= 0.6 is 0 Å². The average molecular weight is 220 g/mol. The van der Waals surface area contributed by atoms with E-state index in [-0.39, 0.29) is 11.3 Å². The van der Waals surface area contributed by atoms with E-state index in [0.717, 1.165) is 0 Å². The highest BCUT2D eigenvalue weighted by Gasteiger charge is 2.25. The Bertz CT molecular complexity index is 567. The minimum atomic E-state index is -1.22. The molecule has 5 heteroatoms. The fourth-order valence-corrected chi connectivity index (χ4v) is 1.49. The van der Waals surface area contributed by atoms with Gasteiger partial charge in [0.05, 0.1) is 7.11 Å². The molecule has 0 aliphatic heterocycles. The Balaban J connectivity index is 2.78. The number of carbonyl (C=O) groups is 2. The molecule has 5 nitrogen and oxygen atoms in total. The van der Waals surface area contributed by atoms with Crippen molar-refractivity contribution in [1.82, 2.24) is 0 Å². The number of esters is 1. The van der Waals surface area contributed by atoms with E-state index in [1.165, 1.54) is 7.11 Å². The number of ether oxygens (including phenoxy) is 1. The van der Waals surface area contributed by atoms with Gasteiger partial charge in [0.1, 0.15) is 11.1 Å². The van der Waals surface area contributed by atoms with Crippen LogP contribution in [0.5, 0.6) is 0 Å². The molecule has 1 aromatic heterocycles. The van der Waals surface area contributed by atoms with E-state index in [1.807, 2.05) is 0 Å². The van der Waals surface area contributed by atoms with Crippen molar-refractivity contribution in [3.8, 4) is 0 Å². The fraction of sp³-hybridized carbons (Fsp3) is 0.0909. The predicted molar refractivity (Wildman–Crippen MR) is 54.5 cm³/mol. The molecule has 2 aromatic rings. The van der Waals surface area contributed by atoms with Crippen molar-refractivity contribution in [3.63, 3.8) is 0 Å². The zero-order valence-corrected chi connectivity index (χ0v) is 8.39. The van der Waals surface area contributed by atoms with Gasteiger partial charge in [-0.05, 0) is 6.07 Å². The molecule has 1 N–H and O–H groups in total. The summed E-state index contributed by atoms with van der Waals surface area (Å²) >= 11 is 0. The van der Waals surface area contributed by atoms with E-state index >= 15 is 0 Å². The molecule has 0 spiro atoms. The Morgan fingerprint density at radius 2 is 2.00 bits per heavy atom. The molecule has 1 aromatic carbocycles. The van der Waals surface area contributed by atoms with Crippen LogP contribution < -0.4 is 0 Å². The van der Waals surface area contributed by atoms with Crippen LogP contribution in [0.15, 0.2) is 28.7 Å². The molecule has 0 unspecified atom stereocenters. The largest absolute Gasteiger partial charge is 0.478 e. The van der Waals surface area contributed by atoms with Crippen molar-refractivity contribution >= 4 is 22.9 Å². The Morgan fingerprint density at radius 3 is 2.62 bits per heavy atom. The number of aromatic carboxylic acids is 1. The first kappa shape index (κ1) is 10.2. The Morgan fingerprint density at radius 1 is 1.31 bits per heavy atom. The van der Waals surface area contributed by atoms with E-state index in [0.29, 0.717) is 11.0 Å². The Hall–Kier alpha value is -2.30. The number of carboxylic acid groups (broad SMARTS) is 1. The molecule has 0 saturated heterocycles. The van der Waals surface area contributed by atoms with Gasteiger partial charge >= 0.3 is 11.9 Å². The molecule has 1 heterocycles. The maximum atomic E-state index is 11.3. The first-order chi connectivity index (χ1) is 7.65. The minimum absolute atomic E-state index is 0.164. The van der Waals surface area contributed by atoms with Gasteiger partial charge in [0, 0.05) is 5.39 Å². The maximum absolute atomic E-state index is 11.3. The Kier molecular flexibility index (Phi) is 2.36. The summed E-state index contributed by atoms with van der Waals surface area (Å²) in [5, 5.41) is 9.41. The van der Waals surface area contributed by atoms with E-state index in [4.69, 9.17) is 9.52 Å². The van der Waals surface area contributed by atoms with Crippen LogP contribution in [0.2, 0.25) is 0 Å². The van der Waals surface area contributed by atoms with Crippen LogP contribution in [0.4, 0.5) is 0 Å². The molecule has 0 aliphatic rings. The zero-order chi connectivity index (χ0) is 11.7. The number of methoxy groups -OCH3 is 1. The third-order valence-corrected chi connectivity index (χ3v) is 2.18. The van der Waals surface area contributed by atoms with Crippen molar-refractivity contribution in [2.45, 2.75) is 0 Å². The first-order valence-corrected chi connectivity index (χ1v) is 4.48. The second kappa shape index (κ2) is 3.69. The number of fused-ring (bicyclic) bond motifs is 1. The lowest BCUT2D eigenvalue weighted by Crippen LogP contribution is -2.07. The van der Waals surface area contributed by atoms with Crippen LogP contribution in [0.1, 0.15) is 20.9 Å². The van der Waals surface area contributed by atoms with Gasteiger partial charge in [0.25, 0.3) is 0 Å². The van der Waals surface area contributed by atoms with Gasteiger partial charge < -0.3 is 14.3 Å². The van der Waals surface area contributed by atoms with Crippen LogP contribution in [-0.2, 0) is 4.74 Å². The van der Waals surface area contributed by atoms with Crippen molar-refractivity contribution < 1.29 is 23.8 Å². The molecule has 0 fully saturated rings. The predicted octanol–water partition coefficient (Wildman–Crippen LogP) is 1.92. The lowest BCUT2D eigenvalue weighted by Gasteiger charge is -1.95. The lowest BCUT2D eigenvalue weighted by molar-refractivity contribution is 0.0550. The summed E-state index contributed by atoms with van der Waals surface area (Å²) in [5.74, 6) is -2.30. The Labute approximate surface area is 90.2 Å². The van der Waals surface area contributed by atoms with Crippen LogP contribution in [-0.4, -0.2) is 24.2 Å². The third-order valence-electron chi connectivity index (χ3n) is 2.18. The van der Waals surface area contributed by atoms with Gasteiger partial charge in [-0.15, -0.1) is 0 Å². The molecule has 0 bridgehead atoms. The maximum Gasteiger partial charge on any atom is 0.374 e. The van der Waals surface area contributed by atoms with Crippen molar-refractivity contribution in [2.24, 2.45) is 0 Å². The van der Waals surface area contributed by atoms with Gasteiger partial charge in [-0.25, -0.2) is 9.59 Å². The SMILES string of the molecule is COC(=O)c1oc2ccccc2c1C(=O)O. The number of benzene rings is 1. The number of furan rings is 1. The summed E-state index contributed by atoms with van der Waals surface area (Å²) in [5.41, 5.74) is 0.183. The van der Waals surface area contributed by atoms with E-state index in [2.05, 4.69) is 4.74 Å². The van der Waals surface area contributed by atoms with Crippen molar-refractivity contribution in [2.75, 3.05) is 7.11 Å². The molecule has 0 radical (unpaired) electrons. The first-order valence-electron chi connectivity index (χ1n) is 4.48. The number of carboxylic acids is 1. The molecule has 0 amide bonds. The standard InChI is InChI=1S/C11H8O5/c1-15-11(14)9-8(10(12)13)6-4-2-3-5-7(6)16-9/h2-5H,1H3,(H,12,13). The zero-order valence-electron chi connectivity index (χ0n) is 8.39. The van der Waals surface area contributed by atoms with Crippen molar-refractivity contribution in [1.29, 1.82) is 0 Å². The fourth-order valence-electron chi connectivity index (χ4n) is 1.49. The third kappa shape index (κ3) is 1.42. The summed E-state index contributed by atoms with van der Waals surface area (Å²) in [7, 11) is 1.17. The summed E-state index contributed by atoms with van der Waals surface area (Å²) in [6, 6.07) is 6.53. The molecule has 0 aliphatic carbocycles. The van der Waals surface area contributed by atoms with E-state index in [9.17, 15) is 9.59 Å². The van der Waals surface area contributed by atoms with Gasteiger partial charge in [-0.3, -0.25) is 0 Å². The average Bonchev–Trinajstić information content (AvgIpc) is 2.67. The molecular formula is C11H8O5. The normalized spacial score (nSPS) is 10.3. The summed E-state index contributed by atoms with van der Waals surface area (Å²) in [4.78, 5) is 22.4. The van der Waals surface area contributed by atoms with Crippen LogP contribution in [0.3, 0.4) is 0 Å². The summed E-state index contributed by atoms with van der Waals surface area (Å²) in [6.45, 7) is 0. The smallest absolute Gasteiger partial charge is 0.374 e. The second-order valence-electron chi connectivity index (χ2n) is 3.10. The molecular weight excluding hydrogens is 212 g/mol. The lowest BCUT2D eigenvalue weighted by atomic mass is 10.1. The van der Waals surface area contributed by atoms with E-state index in [1.54, 1.807) is 24.3 Å². The van der Waals surface area contributed by atoms with Crippen LogP contribution in [0, 0.1) is 0 Å². The highest BCUT2D eigenvalue weighted by Crippen LogP contribution is 2.26. The topological polar surface area (TPSA) is 76.7 Å². The summed E-state index contributed by atoms with van der Waals surface area (Å²) in [6.07, 6.45) is 0. The van der Waals surface area contributed by atoms with Crippen molar-refractivity contribution in [3.05, 3.63) is 35.6 Å².